The topological polar surface area (TPSA) is 40.8 Å². The molecule has 94 valence electrons. The fourth-order valence-corrected chi connectivity index (χ4v) is 2.12. The Morgan fingerprint density at radius 3 is 2.78 bits per heavy atom. The van der Waals surface area contributed by atoms with Crippen molar-refractivity contribution < 1.29 is 4.39 Å². The highest BCUT2D eigenvalue weighted by Crippen LogP contribution is 2.25. The number of hydrogen-bond donors (Lipinski definition) is 1. The van der Waals surface area contributed by atoms with E-state index in [1.165, 1.54) is 12.1 Å². The molecule has 0 saturated heterocycles. The summed E-state index contributed by atoms with van der Waals surface area (Å²) in [5, 5.41) is 13.5. The van der Waals surface area contributed by atoms with Gasteiger partial charge < -0.3 is 9.88 Å². The molecule has 0 fully saturated rings. The maximum absolute atomic E-state index is 13.3. The summed E-state index contributed by atoms with van der Waals surface area (Å²) in [5.41, 5.74) is 2.28. The van der Waals surface area contributed by atoms with E-state index in [-0.39, 0.29) is 5.82 Å². The van der Waals surface area contributed by atoms with Gasteiger partial charge in [-0.25, -0.2) is 4.39 Å². The Labute approximate surface area is 106 Å². The van der Waals surface area contributed by atoms with Crippen LogP contribution in [0, 0.1) is 17.1 Å². The van der Waals surface area contributed by atoms with Crippen LogP contribution in [0.2, 0.25) is 0 Å². The maximum Gasteiger partial charge on any atom is 0.125 e. The molecule has 2 aromatic rings. The number of nitrogens with one attached hydrogen (secondary N) is 1. The third kappa shape index (κ3) is 2.09. The van der Waals surface area contributed by atoms with E-state index in [0.717, 1.165) is 16.5 Å². The van der Waals surface area contributed by atoms with Crippen LogP contribution in [0.4, 0.5) is 4.39 Å². The van der Waals surface area contributed by atoms with Gasteiger partial charge in [0.15, 0.2) is 0 Å². The van der Waals surface area contributed by atoms with Crippen molar-refractivity contribution in [1.82, 2.24) is 9.88 Å². The summed E-state index contributed by atoms with van der Waals surface area (Å²) in [6.45, 7) is 4.72. The van der Waals surface area contributed by atoms with Crippen molar-refractivity contribution in [3.8, 4) is 6.07 Å². The highest BCUT2D eigenvalue weighted by molar-refractivity contribution is 5.86. The van der Waals surface area contributed by atoms with Crippen molar-refractivity contribution >= 4 is 10.9 Å². The lowest BCUT2D eigenvalue weighted by Crippen LogP contribution is -2.22. The van der Waals surface area contributed by atoms with E-state index in [2.05, 4.69) is 25.2 Å². The first-order valence-corrected chi connectivity index (χ1v) is 5.95. The van der Waals surface area contributed by atoms with Gasteiger partial charge in [0.2, 0.25) is 0 Å². The third-order valence-corrected chi connectivity index (χ3v) is 3.06. The van der Waals surface area contributed by atoms with Gasteiger partial charge >= 0.3 is 0 Å². The number of halogens is 1. The molecule has 0 spiro atoms. The minimum atomic E-state index is -0.282. The smallest absolute Gasteiger partial charge is 0.125 e. The molecule has 0 atom stereocenters. The molecule has 0 bridgehead atoms. The van der Waals surface area contributed by atoms with Crippen LogP contribution < -0.4 is 5.32 Å². The average Bonchev–Trinajstić information content (AvgIpc) is 2.59. The van der Waals surface area contributed by atoms with Crippen molar-refractivity contribution in [2.45, 2.75) is 26.4 Å². The van der Waals surface area contributed by atoms with Gasteiger partial charge in [0.05, 0.1) is 5.52 Å². The molecule has 1 aromatic carbocycles. The summed E-state index contributed by atoms with van der Waals surface area (Å²) in [6.07, 6.45) is 0. The van der Waals surface area contributed by atoms with Gasteiger partial charge in [-0.1, -0.05) is 13.8 Å². The molecule has 0 amide bonds. The lowest BCUT2D eigenvalue weighted by atomic mass is 10.1. The Balaban J connectivity index is 2.60. The fraction of sp³-hybridized carbons (Fsp3) is 0.357. The van der Waals surface area contributed by atoms with Crippen molar-refractivity contribution in [1.29, 1.82) is 5.26 Å². The highest BCUT2D eigenvalue weighted by Gasteiger charge is 2.15. The van der Waals surface area contributed by atoms with E-state index in [1.54, 1.807) is 17.7 Å². The molecule has 0 radical (unpaired) electrons. The average molecular weight is 245 g/mol. The second-order valence-corrected chi connectivity index (χ2v) is 4.70. The summed E-state index contributed by atoms with van der Waals surface area (Å²) in [6, 6.07) is 7.18. The summed E-state index contributed by atoms with van der Waals surface area (Å²) < 4.78 is 15.0. The van der Waals surface area contributed by atoms with Crippen LogP contribution in [0.25, 0.3) is 10.9 Å². The largest absolute Gasteiger partial charge is 0.335 e. The normalized spacial score (nSPS) is 11.1. The zero-order valence-electron chi connectivity index (χ0n) is 10.8. The van der Waals surface area contributed by atoms with Gasteiger partial charge in [-0.05, 0) is 18.2 Å². The Hall–Kier alpha value is -1.86. The van der Waals surface area contributed by atoms with Gasteiger partial charge in [-0.15, -0.1) is 0 Å². The van der Waals surface area contributed by atoms with E-state index in [1.807, 2.05) is 0 Å². The molecule has 0 saturated carbocycles. The Morgan fingerprint density at radius 1 is 1.44 bits per heavy atom. The number of hydrogen-bond acceptors (Lipinski definition) is 2. The van der Waals surface area contributed by atoms with E-state index in [9.17, 15) is 9.65 Å². The summed E-state index contributed by atoms with van der Waals surface area (Å²) in [5.74, 6) is -0.282. The second kappa shape index (κ2) is 4.79. The van der Waals surface area contributed by atoms with Crippen LogP contribution in [-0.2, 0) is 13.6 Å². The van der Waals surface area contributed by atoms with Crippen molar-refractivity contribution in [3.05, 3.63) is 35.3 Å². The molecule has 0 aliphatic heterocycles. The van der Waals surface area contributed by atoms with Gasteiger partial charge in [0, 0.05) is 30.6 Å². The van der Waals surface area contributed by atoms with Gasteiger partial charge in [0.25, 0.3) is 0 Å². The Bertz CT molecular complexity index is 620. The van der Waals surface area contributed by atoms with Crippen LogP contribution in [0.1, 0.15) is 25.1 Å². The fourth-order valence-electron chi connectivity index (χ4n) is 2.12. The predicted octanol–water partition coefficient (Wildman–Crippen LogP) is 2.69. The lowest BCUT2D eigenvalue weighted by molar-refractivity contribution is 0.589. The van der Waals surface area contributed by atoms with Gasteiger partial charge in [-0.2, -0.15) is 5.26 Å². The molecular formula is C14H16FN3. The number of benzene rings is 1. The minimum absolute atomic E-state index is 0.282. The SMILES string of the molecule is CC(C)NCc1c(C#N)n(C)c2cc(F)ccc12. The van der Waals surface area contributed by atoms with Crippen LogP contribution in [0.15, 0.2) is 18.2 Å². The zero-order valence-corrected chi connectivity index (χ0v) is 10.8. The number of nitrogens with zero attached hydrogens (tertiary/aromatic N) is 2. The zero-order chi connectivity index (χ0) is 13.3. The van der Waals surface area contributed by atoms with Crippen LogP contribution in [0.5, 0.6) is 0 Å². The molecule has 18 heavy (non-hydrogen) atoms. The van der Waals surface area contributed by atoms with Crippen molar-refractivity contribution in [3.63, 3.8) is 0 Å². The number of aryl methyl sites for hydroxylation is 1. The van der Waals surface area contributed by atoms with Crippen LogP contribution in [0.3, 0.4) is 0 Å². The number of aromatic nitrogens is 1. The van der Waals surface area contributed by atoms with Gasteiger partial charge in [-0.3, -0.25) is 0 Å². The number of rotatable bonds is 3. The number of nitriles is 1. The van der Waals surface area contributed by atoms with Crippen molar-refractivity contribution in [2.24, 2.45) is 7.05 Å². The molecule has 0 unspecified atom stereocenters. The molecule has 4 heteroatoms. The molecule has 1 heterocycles. The van der Waals surface area contributed by atoms with E-state index >= 15 is 0 Å². The van der Waals surface area contributed by atoms with Crippen LogP contribution >= 0.6 is 0 Å². The van der Waals surface area contributed by atoms with E-state index in [0.29, 0.717) is 18.3 Å². The Morgan fingerprint density at radius 2 is 2.17 bits per heavy atom. The predicted molar refractivity (Wildman–Crippen MR) is 69.6 cm³/mol. The minimum Gasteiger partial charge on any atom is -0.335 e. The highest BCUT2D eigenvalue weighted by atomic mass is 19.1. The van der Waals surface area contributed by atoms with Crippen molar-refractivity contribution in [2.75, 3.05) is 0 Å². The standard InChI is InChI=1S/C14H16FN3/c1-9(2)17-8-12-11-5-4-10(15)6-13(11)18(3)14(12)7-16/h4-6,9,17H,8H2,1-3H3. The van der Waals surface area contributed by atoms with Gasteiger partial charge in [0.1, 0.15) is 17.6 Å². The quantitative estimate of drug-likeness (QED) is 0.903. The first-order chi connectivity index (χ1) is 8.54. The first kappa shape index (κ1) is 12.6. The van der Waals surface area contributed by atoms with E-state index in [4.69, 9.17) is 0 Å². The number of fused-ring (bicyclic) bond motifs is 1. The summed E-state index contributed by atoms with van der Waals surface area (Å²) in [7, 11) is 1.79. The monoisotopic (exact) mass is 245 g/mol. The maximum atomic E-state index is 13.3. The first-order valence-electron chi connectivity index (χ1n) is 5.95. The molecule has 2 rings (SSSR count). The third-order valence-electron chi connectivity index (χ3n) is 3.06. The Kier molecular flexibility index (Phi) is 3.35. The molecule has 1 N–H and O–H groups in total. The van der Waals surface area contributed by atoms with Crippen LogP contribution in [-0.4, -0.2) is 10.6 Å². The molecule has 0 aliphatic rings. The summed E-state index contributed by atoms with van der Waals surface area (Å²) in [4.78, 5) is 0. The molecule has 3 nitrogen and oxygen atoms in total. The molecule has 0 aliphatic carbocycles. The molecular weight excluding hydrogens is 229 g/mol. The lowest BCUT2D eigenvalue weighted by Gasteiger charge is -2.07. The van der Waals surface area contributed by atoms with E-state index < -0.39 is 0 Å². The molecule has 1 aromatic heterocycles. The second-order valence-electron chi connectivity index (χ2n) is 4.70. The summed E-state index contributed by atoms with van der Waals surface area (Å²) >= 11 is 0.